The minimum Gasteiger partial charge on any atom is -0.330 e. The highest BCUT2D eigenvalue weighted by atomic mass is 16.7. The van der Waals surface area contributed by atoms with Gasteiger partial charge in [-0.2, -0.15) is 0 Å². The van der Waals surface area contributed by atoms with Crippen molar-refractivity contribution in [2.45, 2.75) is 45.1 Å². The number of fused-ring (bicyclic) bond motifs is 3. The average molecular weight is 383 g/mol. The summed E-state index contributed by atoms with van der Waals surface area (Å²) in [5.74, 6) is 0.160. The number of carbonyl (C=O) groups is 1. The van der Waals surface area contributed by atoms with Gasteiger partial charge in [0.05, 0.1) is 30.2 Å². The highest BCUT2D eigenvalue weighted by Gasteiger charge is 2.17. The van der Waals surface area contributed by atoms with Crippen molar-refractivity contribution >= 4 is 27.8 Å². The van der Waals surface area contributed by atoms with E-state index in [2.05, 4.69) is 22.5 Å². The first-order valence-corrected chi connectivity index (χ1v) is 9.81. The van der Waals surface area contributed by atoms with Crippen LogP contribution < -0.4 is 5.73 Å². The second-order valence-corrected chi connectivity index (χ2v) is 7.17. The summed E-state index contributed by atoms with van der Waals surface area (Å²) in [4.78, 5) is 26.2. The molecule has 0 aliphatic carbocycles. The van der Waals surface area contributed by atoms with Crippen molar-refractivity contribution in [3.05, 3.63) is 36.3 Å². The Bertz CT molecular complexity index is 953. The van der Waals surface area contributed by atoms with Crippen LogP contribution in [0.15, 0.2) is 30.6 Å². The smallest absolute Gasteiger partial charge is 0.245 e. The van der Waals surface area contributed by atoms with E-state index in [0.717, 1.165) is 53.4 Å². The van der Waals surface area contributed by atoms with E-state index in [1.165, 1.54) is 12.2 Å². The number of hydrogen-bond donors (Lipinski definition) is 1. The third kappa shape index (κ3) is 4.15. The van der Waals surface area contributed by atoms with Crippen LogP contribution in [0.25, 0.3) is 21.9 Å². The van der Waals surface area contributed by atoms with Gasteiger partial charge in [-0.05, 0) is 18.9 Å². The molecule has 2 aromatic heterocycles. The third-order valence-corrected chi connectivity index (χ3v) is 5.22. The number of imidazole rings is 1. The largest absolute Gasteiger partial charge is 0.330 e. The lowest BCUT2D eigenvalue weighted by atomic mass is 10.0. The maximum atomic E-state index is 11.8. The molecule has 0 spiro atoms. The zero-order valence-corrected chi connectivity index (χ0v) is 16.9. The number of nitrogens with zero attached hydrogens (tertiary/aromatic N) is 4. The molecule has 0 aliphatic heterocycles. The van der Waals surface area contributed by atoms with Crippen molar-refractivity contribution in [2.24, 2.45) is 5.73 Å². The van der Waals surface area contributed by atoms with Crippen molar-refractivity contribution < 1.29 is 9.63 Å². The lowest BCUT2D eigenvalue weighted by Crippen LogP contribution is -2.24. The summed E-state index contributed by atoms with van der Waals surface area (Å²) < 4.78 is 2.20. The molecule has 1 aromatic carbocycles. The summed E-state index contributed by atoms with van der Waals surface area (Å²) in [7, 11) is 3.14. The Balaban J connectivity index is 1.77. The number of hydrogen-bond acceptors (Lipinski definition) is 5. The number of nitrogens with two attached hydrogens (primary N) is 1. The Morgan fingerprint density at radius 1 is 1.29 bits per heavy atom. The summed E-state index contributed by atoms with van der Waals surface area (Å²) in [6.07, 6.45) is 5.19. The summed E-state index contributed by atoms with van der Waals surface area (Å²) in [6, 6.07) is 8.17. The molecule has 7 heteroatoms. The molecule has 1 unspecified atom stereocenters. The normalized spacial score (nSPS) is 12.6. The molecular formula is C21H29N5O2. The first-order chi connectivity index (χ1) is 13.6. The molecule has 0 saturated heterocycles. The molecule has 1 atom stereocenters. The Kier molecular flexibility index (Phi) is 6.59. The van der Waals surface area contributed by atoms with E-state index in [-0.39, 0.29) is 11.8 Å². The van der Waals surface area contributed by atoms with Crippen molar-refractivity contribution in [1.82, 2.24) is 19.6 Å². The molecule has 150 valence electrons. The molecule has 2 N–H and O–H groups in total. The fourth-order valence-electron chi connectivity index (χ4n) is 3.43. The molecule has 0 saturated carbocycles. The number of para-hydroxylation sites is 1. The Morgan fingerprint density at radius 3 is 2.82 bits per heavy atom. The van der Waals surface area contributed by atoms with Crippen LogP contribution in [0.2, 0.25) is 0 Å². The predicted octanol–water partition coefficient (Wildman–Crippen LogP) is 3.23. The number of unbranched alkanes of at least 4 members (excludes halogenated alkanes) is 2. The number of rotatable bonds is 9. The zero-order valence-electron chi connectivity index (χ0n) is 16.9. The van der Waals surface area contributed by atoms with Crippen LogP contribution in [0.1, 0.15) is 44.2 Å². The summed E-state index contributed by atoms with van der Waals surface area (Å²) in [5, 5.41) is 2.39. The van der Waals surface area contributed by atoms with Crippen LogP contribution in [0.5, 0.6) is 0 Å². The molecule has 3 aromatic rings. The molecule has 0 fully saturated rings. The number of hydroxylamine groups is 2. The molecule has 0 bridgehead atoms. The Labute approximate surface area is 165 Å². The van der Waals surface area contributed by atoms with E-state index in [1.54, 1.807) is 7.05 Å². The monoisotopic (exact) mass is 383 g/mol. The lowest BCUT2D eigenvalue weighted by molar-refractivity contribution is -0.168. The van der Waals surface area contributed by atoms with Crippen LogP contribution in [-0.2, 0) is 16.2 Å². The standard InChI is InChI=1S/C21H29N5O2/c1-15(13-22)19-20-21(16-9-6-7-10-17(16)24-19)26(14-23-20)12-8-4-5-11-18(27)25(2)28-3/h6-7,9-10,14-15H,4-5,8,11-13,22H2,1-3H3. The van der Waals surface area contributed by atoms with Gasteiger partial charge in [0.1, 0.15) is 5.52 Å². The van der Waals surface area contributed by atoms with Crippen molar-refractivity contribution in [1.29, 1.82) is 0 Å². The van der Waals surface area contributed by atoms with Gasteiger partial charge in [0.25, 0.3) is 0 Å². The van der Waals surface area contributed by atoms with Crippen LogP contribution in [0.3, 0.4) is 0 Å². The number of aromatic nitrogens is 3. The summed E-state index contributed by atoms with van der Waals surface area (Å²) in [5.41, 5.74) is 9.89. The first-order valence-electron chi connectivity index (χ1n) is 9.81. The Morgan fingerprint density at radius 2 is 2.07 bits per heavy atom. The van der Waals surface area contributed by atoms with E-state index in [0.29, 0.717) is 13.0 Å². The van der Waals surface area contributed by atoms with Crippen molar-refractivity contribution in [3.63, 3.8) is 0 Å². The van der Waals surface area contributed by atoms with E-state index < -0.39 is 0 Å². The topological polar surface area (TPSA) is 86.3 Å². The van der Waals surface area contributed by atoms with Gasteiger partial charge in [0.15, 0.2) is 0 Å². The molecule has 0 aliphatic rings. The SMILES string of the molecule is CON(C)C(=O)CCCCCn1cnc2c(C(C)CN)nc3ccccc3c21. The molecular weight excluding hydrogens is 354 g/mol. The highest BCUT2D eigenvalue weighted by molar-refractivity contribution is 6.03. The van der Waals surface area contributed by atoms with Gasteiger partial charge < -0.3 is 10.3 Å². The second kappa shape index (κ2) is 9.12. The number of pyridine rings is 1. The summed E-state index contributed by atoms with van der Waals surface area (Å²) in [6.45, 7) is 3.48. The molecule has 28 heavy (non-hydrogen) atoms. The van der Waals surface area contributed by atoms with Crippen molar-refractivity contribution in [3.8, 4) is 0 Å². The highest BCUT2D eigenvalue weighted by Crippen LogP contribution is 2.29. The van der Waals surface area contributed by atoms with Crippen LogP contribution >= 0.6 is 0 Å². The van der Waals surface area contributed by atoms with E-state index >= 15 is 0 Å². The second-order valence-electron chi connectivity index (χ2n) is 7.17. The molecule has 2 heterocycles. The van der Waals surface area contributed by atoms with Crippen molar-refractivity contribution in [2.75, 3.05) is 20.7 Å². The maximum Gasteiger partial charge on any atom is 0.245 e. The average Bonchev–Trinajstić information content (AvgIpc) is 3.15. The fourth-order valence-corrected chi connectivity index (χ4v) is 3.43. The Hall–Kier alpha value is -2.51. The van der Waals surface area contributed by atoms with Crippen LogP contribution in [0, 0.1) is 0 Å². The quantitative estimate of drug-likeness (QED) is 0.453. The number of benzene rings is 1. The van der Waals surface area contributed by atoms with Crippen LogP contribution in [-0.4, -0.2) is 46.2 Å². The van der Waals surface area contributed by atoms with Gasteiger partial charge in [0.2, 0.25) is 5.91 Å². The van der Waals surface area contributed by atoms with Gasteiger partial charge in [0, 0.05) is 37.9 Å². The zero-order chi connectivity index (χ0) is 20.1. The molecule has 0 radical (unpaired) electrons. The fraction of sp³-hybridized carbons (Fsp3) is 0.476. The van der Waals surface area contributed by atoms with Gasteiger partial charge in [-0.3, -0.25) is 14.6 Å². The van der Waals surface area contributed by atoms with E-state index in [4.69, 9.17) is 15.6 Å². The third-order valence-electron chi connectivity index (χ3n) is 5.22. The molecule has 7 nitrogen and oxygen atoms in total. The van der Waals surface area contributed by atoms with Gasteiger partial charge in [-0.25, -0.2) is 10.0 Å². The maximum absolute atomic E-state index is 11.8. The van der Waals surface area contributed by atoms with E-state index in [9.17, 15) is 4.79 Å². The molecule has 3 rings (SSSR count). The van der Waals surface area contributed by atoms with Gasteiger partial charge in [-0.1, -0.05) is 31.5 Å². The lowest BCUT2D eigenvalue weighted by Gasteiger charge is -2.13. The minimum absolute atomic E-state index is 0.00747. The van der Waals surface area contributed by atoms with Gasteiger partial charge >= 0.3 is 0 Å². The molecule has 1 amide bonds. The minimum atomic E-state index is 0.00747. The predicted molar refractivity (Wildman–Crippen MR) is 111 cm³/mol. The number of aryl methyl sites for hydroxylation is 1. The number of carbonyl (C=O) groups excluding carboxylic acids is 1. The van der Waals surface area contributed by atoms with Gasteiger partial charge in [-0.15, -0.1) is 0 Å². The number of amides is 1. The first kappa shape index (κ1) is 20.2. The van der Waals surface area contributed by atoms with Crippen LogP contribution in [0.4, 0.5) is 0 Å². The van der Waals surface area contributed by atoms with E-state index in [1.807, 2.05) is 24.5 Å². The summed E-state index contributed by atoms with van der Waals surface area (Å²) >= 11 is 0.